The topological polar surface area (TPSA) is 29.3 Å². The van der Waals surface area contributed by atoms with E-state index in [1.807, 2.05) is 50.4 Å². The van der Waals surface area contributed by atoms with Gasteiger partial charge in [0.15, 0.2) is 0 Å². The molecule has 3 heteroatoms. The summed E-state index contributed by atoms with van der Waals surface area (Å²) < 4.78 is 13.9. The lowest BCUT2D eigenvalue weighted by Crippen LogP contribution is -2.22. The maximum absolute atomic E-state index is 13.9. The van der Waals surface area contributed by atoms with Gasteiger partial charge in [0.1, 0.15) is 5.82 Å². The fourth-order valence-electron chi connectivity index (χ4n) is 2.44. The van der Waals surface area contributed by atoms with E-state index in [4.69, 9.17) is 5.73 Å². The first-order valence-electron chi connectivity index (χ1n) is 7.37. The van der Waals surface area contributed by atoms with Crippen molar-refractivity contribution < 1.29 is 4.39 Å². The number of hydrogen-bond acceptors (Lipinski definition) is 2. The van der Waals surface area contributed by atoms with Crippen molar-refractivity contribution in [1.82, 2.24) is 0 Å². The minimum Gasteiger partial charge on any atom is -0.368 e. The Bertz CT molecular complexity index is 580. The van der Waals surface area contributed by atoms with E-state index in [0.717, 1.165) is 17.7 Å². The second-order valence-corrected chi connectivity index (χ2v) is 5.41. The van der Waals surface area contributed by atoms with Crippen molar-refractivity contribution >= 4 is 5.69 Å². The second kappa shape index (κ2) is 6.72. The molecule has 0 fully saturated rings. The summed E-state index contributed by atoms with van der Waals surface area (Å²) in [5.41, 5.74) is 8.92. The molecule has 0 aromatic heterocycles. The molecule has 0 radical (unpaired) electrons. The Morgan fingerprint density at radius 2 is 1.71 bits per heavy atom. The first-order chi connectivity index (χ1) is 10.0. The van der Waals surface area contributed by atoms with Crippen molar-refractivity contribution in [3.05, 3.63) is 65.5 Å². The molecule has 1 unspecified atom stereocenters. The number of nitrogens with two attached hydrogens (primary N) is 1. The van der Waals surface area contributed by atoms with E-state index >= 15 is 0 Å². The third-order valence-electron chi connectivity index (χ3n) is 4.10. The second-order valence-electron chi connectivity index (χ2n) is 5.41. The molecule has 0 saturated heterocycles. The van der Waals surface area contributed by atoms with Gasteiger partial charge in [-0.05, 0) is 37.1 Å². The van der Waals surface area contributed by atoms with E-state index in [1.165, 1.54) is 6.07 Å². The van der Waals surface area contributed by atoms with Gasteiger partial charge in [-0.3, -0.25) is 0 Å². The molecule has 2 atom stereocenters. The van der Waals surface area contributed by atoms with Crippen LogP contribution in [0.4, 0.5) is 10.1 Å². The highest BCUT2D eigenvalue weighted by atomic mass is 19.1. The van der Waals surface area contributed by atoms with Gasteiger partial charge in [-0.1, -0.05) is 37.3 Å². The summed E-state index contributed by atoms with van der Waals surface area (Å²) in [4.78, 5) is 2.07. The summed E-state index contributed by atoms with van der Waals surface area (Å²) in [5.74, 6) is -0.165. The molecule has 0 aliphatic carbocycles. The highest BCUT2D eigenvalue weighted by molar-refractivity contribution is 5.49. The highest BCUT2D eigenvalue weighted by Gasteiger charge is 2.16. The maximum atomic E-state index is 13.9. The van der Waals surface area contributed by atoms with Crippen molar-refractivity contribution in [1.29, 1.82) is 0 Å². The molecule has 2 nitrogen and oxygen atoms in total. The van der Waals surface area contributed by atoms with Crippen LogP contribution < -0.4 is 10.6 Å². The first-order valence-corrected chi connectivity index (χ1v) is 7.37. The maximum Gasteiger partial charge on any atom is 0.128 e. The predicted molar refractivity (Wildman–Crippen MR) is 86.9 cm³/mol. The standard InChI is InChI=1S/C18H23FN2/c1-4-18(20)14-9-11-15(12-10-14)21(3)13(2)16-7-5-6-8-17(16)19/h5-13,18H,4,20H2,1-3H3/t13?,18-/m0/s1. The first kappa shape index (κ1) is 15.5. The van der Waals surface area contributed by atoms with Gasteiger partial charge >= 0.3 is 0 Å². The number of benzene rings is 2. The average Bonchev–Trinajstić information content (AvgIpc) is 2.53. The van der Waals surface area contributed by atoms with Gasteiger partial charge in [0.05, 0.1) is 6.04 Å². The van der Waals surface area contributed by atoms with Crippen molar-refractivity contribution in [3.63, 3.8) is 0 Å². The highest BCUT2D eigenvalue weighted by Crippen LogP contribution is 2.27. The molecule has 2 N–H and O–H groups in total. The largest absolute Gasteiger partial charge is 0.368 e. The lowest BCUT2D eigenvalue weighted by Gasteiger charge is -2.28. The van der Waals surface area contributed by atoms with Gasteiger partial charge in [-0.2, -0.15) is 0 Å². The molecule has 2 rings (SSSR count). The fourth-order valence-corrected chi connectivity index (χ4v) is 2.44. The van der Waals surface area contributed by atoms with Crippen LogP contribution in [0.15, 0.2) is 48.5 Å². The lowest BCUT2D eigenvalue weighted by molar-refractivity contribution is 0.585. The molecule has 0 heterocycles. The molecule has 0 spiro atoms. The van der Waals surface area contributed by atoms with Crippen LogP contribution >= 0.6 is 0 Å². The van der Waals surface area contributed by atoms with Crippen LogP contribution in [0, 0.1) is 5.82 Å². The zero-order valence-corrected chi connectivity index (χ0v) is 12.9. The SMILES string of the molecule is CC[C@H](N)c1ccc(N(C)C(C)c2ccccc2F)cc1. The molecule has 21 heavy (non-hydrogen) atoms. The lowest BCUT2D eigenvalue weighted by atomic mass is 10.0. The van der Waals surface area contributed by atoms with Gasteiger partial charge < -0.3 is 10.6 Å². The summed E-state index contributed by atoms with van der Waals surface area (Å²) >= 11 is 0. The molecule has 0 bridgehead atoms. The Hall–Kier alpha value is -1.87. The molecule has 0 amide bonds. The van der Waals surface area contributed by atoms with Gasteiger partial charge in [-0.25, -0.2) is 4.39 Å². The summed E-state index contributed by atoms with van der Waals surface area (Å²) in [6.07, 6.45) is 0.917. The Kier molecular flexibility index (Phi) is 4.97. The Balaban J connectivity index is 2.20. The van der Waals surface area contributed by atoms with Crippen molar-refractivity contribution in [2.24, 2.45) is 5.73 Å². The monoisotopic (exact) mass is 286 g/mol. The zero-order valence-electron chi connectivity index (χ0n) is 12.9. The van der Waals surface area contributed by atoms with E-state index in [0.29, 0.717) is 5.56 Å². The van der Waals surface area contributed by atoms with Gasteiger partial charge in [0, 0.05) is 24.3 Å². The van der Waals surface area contributed by atoms with E-state index in [9.17, 15) is 4.39 Å². The molecular formula is C18H23FN2. The van der Waals surface area contributed by atoms with Crippen LogP contribution in [0.1, 0.15) is 43.5 Å². The third-order valence-corrected chi connectivity index (χ3v) is 4.10. The summed E-state index contributed by atoms with van der Waals surface area (Å²) in [7, 11) is 1.98. The minimum absolute atomic E-state index is 0.0306. The average molecular weight is 286 g/mol. The van der Waals surface area contributed by atoms with Gasteiger partial charge in [-0.15, -0.1) is 0 Å². The number of hydrogen-bond donors (Lipinski definition) is 1. The van der Waals surface area contributed by atoms with Crippen LogP contribution in [0.2, 0.25) is 0 Å². The fraction of sp³-hybridized carbons (Fsp3) is 0.333. The van der Waals surface area contributed by atoms with Crippen molar-refractivity contribution in [2.75, 3.05) is 11.9 Å². The van der Waals surface area contributed by atoms with E-state index in [-0.39, 0.29) is 17.9 Å². The molecule has 0 aliphatic heterocycles. The Morgan fingerprint density at radius 1 is 1.10 bits per heavy atom. The molecule has 0 aliphatic rings. The van der Waals surface area contributed by atoms with E-state index < -0.39 is 0 Å². The normalized spacial score (nSPS) is 13.8. The quantitative estimate of drug-likeness (QED) is 0.881. The van der Waals surface area contributed by atoms with Crippen LogP contribution in [0.3, 0.4) is 0 Å². The Morgan fingerprint density at radius 3 is 2.29 bits per heavy atom. The zero-order chi connectivity index (χ0) is 15.4. The number of rotatable bonds is 5. The number of halogens is 1. The number of anilines is 1. The summed E-state index contributed by atoms with van der Waals surface area (Å²) in [6.45, 7) is 4.08. The van der Waals surface area contributed by atoms with Crippen molar-refractivity contribution in [3.8, 4) is 0 Å². The van der Waals surface area contributed by atoms with Crippen LogP contribution in [-0.2, 0) is 0 Å². The predicted octanol–water partition coefficient (Wildman–Crippen LogP) is 4.43. The third kappa shape index (κ3) is 3.42. The molecule has 112 valence electrons. The van der Waals surface area contributed by atoms with Gasteiger partial charge in [0.2, 0.25) is 0 Å². The van der Waals surface area contributed by atoms with E-state index in [2.05, 4.69) is 11.8 Å². The number of nitrogens with zero attached hydrogens (tertiary/aromatic N) is 1. The molecular weight excluding hydrogens is 263 g/mol. The Labute approximate surface area is 126 Å². The molecule has 2 aromatic carbocycles. The molecule has 0 saturated carbocycles. The van der Waals surface area contributed by atoms with Crippen LogP contribution in [0.5, 0.6) is 0 Å². The van der Waals surface area contributed by atoms with Crippen LogP contribution in [0.25, 0.3) is 0 Å². The van der Waals surface area contributed by atoms with E-state index in [1.54, 1.807) is 6.07 Å². The smallest absolute Gasteiger partial charge is 0.128 e. The van der Waals surface area contributed by atoms with Crippen LogP contribution in [-0.4, -0.2) is 7.05 Å². The van der Waals surface area contributed by atoms with Gasteiger partial charge in [0.25, 0.3) is 0 Å². The summed E-state index contributed by atoms with van der Waals surface area (Å²) in [5, 5.41) is 0. The van der Waals surface area contributed by atoms with Crippen molar-refractivity contribution in [2.45, 2.75) is 32.4 Å². The summed E-state index contributed by atoms with van der Waals surface area (Å²) in [6, 6.07) is 15.1. The molecule has 2 aromatic rings. The minimum atomic E-state index is -0.165.